The average molecular weight is 278 g/mol. The molecule has 108 valence electrons. The minimum Gasteiger partial charge on any atom is -0.395 e. The summed E-state index contributed by atoms with van der Waals surface area (Å²) in [5.74, 6) is -0.422. The number of benzene rings is 1. The average Bonchev–Trinajstić information content (AvgIpc) is 2.75. The van der Waals surface area contributed by atoms with Gasteiger partial charge in [-0.05, 0) is 24.6 Å². The summed E-state index contributed by atoms with van der Waals surface area (Å²) in [6.45, 7) is 1.19. The van der Waals surface area contributed by atoms with E-state index >= 15 is 0 Å². The predicted molar refractivity (Wildman–Crippen MR) is 73.9 cm³/mol. The van der Waals surface area contributed by atoms with Crippen LogP contribution in [-0.4, -0.2) is 33.2 Å². The van der Waals surface area contributed by atoms with E-state index < -0.39 is 11.2 Å². The van der Waals surface area contributed by atoms with Gasteiger partial charge in [-0.1, -0.05) is 18.2 Å². The lowest BCUT2D eigenvalue weighted by molar-refractivity contribution is 0.112. The van der Waals surface area contributed by atoms with Gasteiger partial charge in [0, 0.05) is 24.6 Å². The first-order valence-electron chi connectivity index (χ1n) is 6.48. The molecule has 0 saturated carbocycles. The third-order valence-electron chi connectivity index (χ3n) is 3.67. The zero-order valence-corrected chi connectivity index (χ0v) is 11.7. The number of halogens is 1. The number of aliphatic hydroxyl groups is 2. The zero-order valence-electron chi connectivity index (χ0n) is 11.7. The summed E-state index contributed by atoms with van der Waals surface area (Å²) in [5, 5.41) is 23.8. The molecule has 0 radical (unpaired) electrons. The van der Waals surface area contributed by atoms with Crippen molar-refractivity contribution < 1.29 is 14.6 Å². The fourth-order valence-electron chi connectivity index (χ4n) is 2.50. The summed E-state index contributed by atoms with van der Waals surface area (Å²) in [6.07, 6.45) is 0.318. The number of hydrogen-bond donors (Lipinski definition) is 2. The Bertz CT molecular complexity index is 591. The first-order valence-corrected chi connectivity index (χ1v) is 6.48. The molecule has 5 heteroatoms. The molecule has 2 rings (SSSR count). The second-order valence-electron chi connectivity index (χ2n) is 5.15. The molecule has 0 spiro atoms. The first kappa shape index (κ1) is 14.7. The highest BCUT2D eigenvalue weighted by atomic mass is 19.1. The van der Waals surface area contributed by atoms with Crippen molar-refractivity contribution in [2.24, 2.45) is 7.05 Å². The van der Waals surface area contributed by atoms with E-state index in [0.717, 1.165) is 11.4 Å². The van der Waals surface area contributed by atoms with Crippen LogP contribution in [0.2, 0.25) is 0 Å². The number of nitrogens with zero attached hydrogens (tertiary/aromatic N) is 2. The van der Waals surface area contributed by atoms with Gasteiger partial charge >= 0.3 is 0 Å². The van der Waals surface area contributed by atoms with Crippen molar-refractivity contribution in [3.8, 4) is 0 Å². The number of rotatable bonds is 5. The fourth-order valence-corrected chi connectivity index (χ4v) is 2.50. The predicted octanol–water partition coefficient (Wildman–Crippen LogP) is 1.33. The molecule has 20 heavy (non-hydrogen) atoms. The molecule has 1 aromatic carbocycles. The van der Waals surface area contributed by atoms with E-state index in [4.69, 9.17) is 0 Å². The maximum absolute atomic E-state index is 14.0. The smallest absolute Gasteiger partial charge is 0.127 e. The standard InChI is InChI=1S/C15H19FN2O2/c1-11-7-12(18(2)17-11)8-15(9-19,10-20)13-5-3-4-6-14(13)16/h3-7,19-20H,8-10H2,1-2H3. The molecular weight excluding hydrogens is 259 g/mol. The molecule has 0 unspecified atom stereocenters. The Labute approximate surface area is 117 Å². The van der Waals surface area contributed by atoms with E-state index in [-0.39, 0.29) is 13.2 Å². The highest BCUT2D eigenvalue weighted by Crippen LogP contribution is 2.30. The first-order chi connectivity index (χ1) is 9.52. The van der Waals surface area contributed by atoms with Crippen LogP contribution in [0.3, 0.4) is 0 Å². The molecular formula is C15H19FN2O2. The van der Waals surface area contributed by atoms with Crippen LogP contribution in [0, 0.1) is 12.7 Å². The largest absolute Gasteiger partial charge is 0.395 e. The van der Waals surface area contributed by atoms with Crippen molar-refractivity contribution >= 4 is 0 Å². The summed E-state index contributed by atoms with van der Waals surface area (Å²) in [6, 6.07) is 8.11. The normalized spacial score (nSPS) is 11.8. The van der Waals surface area contributed by atoms with E-state index in [0.29, 0.717) is 12.0 Å². The summed E-state index contributed by atoms with van der Waals surface area (Å²) in [7, 11) is 1.79. The summed E-state index contributed by atoms with van der Waals surface area (Å²) < 4.78 is 15.7. The molecule has 0 aliphatic heterocycles. The van der Waals surface area contributed by atoms with Gasteiger partial charge in [0.1, 0.15) is 5.82 Å². The van der Waals surface area contributed by atoms with Crippen LogP contribution in [0.25, 0.3) is 0 Å². The van der Waals surface area contributed by atoms with Gasteiger partial charge in [-0.15, -0.1) is 0 Å². The van der Waals surface area contributed by atoms with Crippen LogP contribution in [0.1, 0.15) is 17.0 Å². The quantitative estimate of drug-likeness (QED) is 0.867. The van der Waals surface area contributed by atoms with Crippen molar-refractivity contribution in [1.29, 1.82) is 0 Å². The van der Waals surface area contributed by atoms with Crippen LogP contribution >= 0.6 is 0 Å². The Morgan fingerprint density at radius 3 is 2.40 bits per heavy atom. The summed E-state index contributed by atoms with van der Waals surface area (Å²) >= 11 is 0. The van der Waals surface area contributed by atoms with Crippen LogP contribution in [0.15, 0.2) is 30.3 Å². The minimum absolute atomic E-state index is 0.318. The highest BCUT2D eigenvalue weighted by molar-refractivity contribution is 5.30. The van der Waals surface area contributed by atoms with Gasteiger partial charge < -0.3 is 10.2 Å². The SMILES string of the molecule is Cc1cc(CC(CO)(CO)c2ccccc2F)n(C)n1. The molecule has 0 fully saturated rings. The number of aliphatic hydroxyl groups excluding tert-OH is 2. The van der Waals surface area contributed by atoms with Gasteiger partial charge in [0.25, 0.3) is 0 Å². The Kier molecular flexibility index (Phi) is 4.20. The highest BCUT2D eigenvalue weighted by Gasteiger charge is 2.34. The van der Waals surface area contributed by atoms with Crippen molar-refractivity contribution in [1.82, 2.24) is 9.78 Å². The lowest BCUT2D eigenvalue weighted by Gasteiger charge is -2.30. The van der Waals surface area contributed by atoms with Gasteiger partial charge in [-0.25, -0.2) is 4.39 Å². The number of hydrogen-bond acceptors (Lipinski definition) is 3. The van der Waals surface area contributed by atoms with Crippen LogP contribution in [-0.2, 0) is 18.9 Å². The summed E-state index contributed by atoms with van der Waals surface area (Å²) in [4.78, 5) is 0. The molecule has 2 N–H and O–H groups in total. The van der Waals surface area contributed by atoms with Crippen molar-refractivity contribution in [2.45, 2.75) is 18.8 Å². The third kappa shape index (κ3) is 2.59. The van der Waals surface area contributed by atoms with Crippen LogP contribution < -0.4 is 0 Å². The van der Waals surface area contributed by atoms with E-state index in [9.17, 15) is 14.6 Å². The molecule has 0 amide bonds. The Balaban J connectivity index is 2.45. The van der Waals surface area contributed by atoms with Gasteiger partial charge in [0.15, 0.2) is 0 Å². The van der Waals surface area contributed by atoms with Crippen molar-refractivity contribution in [3.63, 3.8) is 0 Å². The van der Waals surface area contributed by atoms with Crippen LogP contribution in [0.4, 0.5) is 4.39 Å². The minimum atomic E-state index is -1.05. The van der Waals surface area contributed by atoms with Gasteiger partial charge in [0.05, 0.1) is 18.9 Å². The van der Waals surface area contributed by atoms with Gasteiger partial charge in [-0.3, -0.25) is 4.68 Å². The maximum Gasteiger partial charge on any atom is 0.127 e. The number of aryl methyl sites for hydroxylation is 2. The Morgan fingerprint density at radius 2 is 1.90 bits per heavy atom. The zero-order chi connectivity index (χ0) is 14.8. The van der Waals surface area contributed by atoms with Crippen molar-refractivity contribution in [2.75, 3.05) is 13.2 Å². The molecule has 4 nitrogen and oxygen atoms in total. The topological polar surface area (TPSA) is 58.3 Å². The molecule has 0 saturated heterocycles. The lowest BCUT2D eigenvalue weighted by atomic mass is 9.77. The molecule has 0 bridgehead atoms. The van der Waals surface area contributed by atoms with Crippen molar-refractivity contribution in [3.05, 3.63) is 53.1 Å². The van der Waals surface area contributed by atoms with E-state index in [1.165, 1.54) is 6.07 Å². The Morgan fingerprint density at radius 1 is 1.25 bits per heavy atom. The molecule has 1 aromatic heterocycles. The second-order valence-corrected chi connectivity index (χ2v) is 5.15. The molecule has 0 aliphatic rings. The molecule has 0 aliphatic carbocycles. The van der Waals surface area contributed by atoms with E-state index in [1.807, 2.05) is 13.0 Å². The lowest BCUT2D eigenvalue weighted by Crippen LogP contribution is -2.38. The second kappa shape index (κ2) is 5.73. The number of aromatic nitrogens is 2. The van der Waals surface area contributed by atoms with Gasteiger partial charge in [0.2, 0.25) is 0 Å². The third-order valence-corrected chi connectivity index (χ3v) is 3.67. The Hall–Kier alpha value is -1.72. The van der Waals surface area contributed by atoms with E-state index in [1.54, 1.807) is 29.9 Å². The molecule has 2 aromatic rings. The fraction of sp³-hybridized carbons (Fsp3) is 0.400. The van der Waals surface area contributed by atoms with E-state index in [2.05, 4.69) is 5.10 Å². The summed E-state index contributed by atoms with van der Waals surface area (Å²) in [5.41, 5.74) is 0.962. The molecule has 1 heterocycles. The molecule has 0 atom stereocenters. The maximum atomic E-state index is 14.0. The van der Waals surface area contributed by atoms with Crippen LogP contribution in [0.5, 0.6) is 0 Å². The van der Waals surface area contributed by atoms with Gasteiger partial charge in [-0.2, -0.15) is 5.10 Å². The monoisotopic (exact) mass is 278 g/mol.